The van der Waals surface area contributed by atoms with Crippen molar-refractivity contribution in [3.8, 4) is 0 Å². The fraction of sp³-hybridized carbons (Fsp3) is 0.500. The first-order valence-electron chi connectivity index (χ1n) is 10.0. The molecular weight excluding hydrogens is 364 g/mol. The van der Waals surface area contributed by atoms with Crippen LogP contribution in [-0.4, -0.2) is 0 Å². The Morgan fingerprint density at radius 1 is 0.536 bits per heavy atom. The number of hydrogen-bond donors (Lipinski definition) is 0. The fourth-order valence-electron chi connectivity index (χ4n) is 3.71. The summed E-state index contributed by atoms with van der Waals surface area (Å²) in [6.45, 7) is 10.9. The largest absolute Gasteiger partial charge is 0.207 e. The molecule has 2 unspecified atom stereocenters. The lowest BCUT2D eigenvalue weighted by atomic mass is 9.87. The van der Waals surface area contributed by atoms with Gasteiger partial charge in [0.05, 0.1) is 0 Å². The standard InChI is InChI=1S/C24H30F4/c1-13(2)23-19(25)9-17(10-20(23)26)15(5)7-8-16(6)18-11-21(27)24(14(3)4)22(28)12-18/h9-16H,7-8H2,1-6H3. The van der Waals surface area contributed by atoms with E-state index in [0.29, 0.717) is 24.0 Å². The second-order valence-electron chi connectivity index (χ2n) is 8.49. The quantitative estimate of drug-likeness (QED) is 0.415. The molecule has 0 saturated carbocycles. The van der Waals surface area contributed by atoms with E-state index in [-0.39, 0.29) is 34.8 Å². The fourth-order valence-corrected chi connectivity index (χ4v) is 3.71. The van der Waals surface area contributed by atoms with E-state index in [1.807, 2.05) is 13.8 Å². The number of halogens is 4. The van der Waals surface area contributed by atoms with Crippen molar-refractivity contribution >= 4 is 0 Å². The molecule has 28 heavy (non-hydrogen) atoms. The molecule has 0 amide bonds. The summed E-state index contributed by atoms with van der Waals surface area (Å²) < 4.78 is 57.0. The van der Waals surface area contributed by atoms with Crippen LogP contribution in [0.3, 0.4) is 0 Å². The van der Waals surface area contributed by atoms with Gasteiger partial charge in [-0.05, 0) is 71.9 Å². The van der Waals surface area contributed by atoms with Crippen LogP contribution in [0.15, 0.2) is 24.3 Å². The summed E-state index contributed by atoms with van der Waals surface area (Å²) in [7, 11) is 0. The van der Waals surface area contributed by atoms with E-state index in [1.54, 1.807) is 27.7 Å². The van der Waals surface area contributed by atoms with Crippen LogP contribution in [0.5, 0.6) is 0 Å². The average Bonchev–Trinajstić information content (AvgIpc) is 2.57. The molecule has 2 rings (SSSR count). The highest BCUT2D eigenvalue weighted by atomic mass is 19.1. The third-order valence-corrected chi connectivity index (χ3v) is 5.53. The van der Waals surface area contributed by atoms with Crippen LogP contribution in [-0.2, 0) is 0 Å². The van der Waals surface area contributed by atoms with Gasteiger partial charge in [0.15, 0.2) is 0 Å². The molecule has 4 heteroatoms. The molecule has 0 fully saturated rings. The SMILES string of the molecule is CC(C)c1c(F)cc(C(C)CCC(C)c2cc(F)c(C(C)C)c(F)c2)cc1F. The number of rotatable bonds is 7. The van der Waals surface area contributed by atoms with Crippen molar-refractivity contribution in [1.29, 1.82) is 0 Å². The number of hydrogen-bond acceptors (Lipinski definition) is 0. The summed E-state index contributed by atoms with van der Waals surface area (Å²) in [4.78, 5) is 0. The molecule has 0 nitrogen and oxygen atoms in total. The predicted molar refractivity (Wildman–Crippen MR) is 107 cm³/mol. The maximum atomic E-state index is 14.3. The molecule has 0 N–H and O–H groups in total. The van der Waals surface area contributed by atoms with E-state index in [1.165, 1.54) is 24.3 Å². The van der Waals surface area contributed by atoms with E-state index in [0.717, 1.165) is 0 Å². The van der Waals surface area contributed by atoms with Crippen molar-refractivity contribution in [2.45, 2.75) is 78.1 Å². The van der Waals surface area contributed by atoms with Crippen LogP contribution < -0.4 is 0 Å². The average molecular weight is 394 g/mol. The van der Waals surface area contributed by atoms with Crippen LogP contribution in [0.4, 0.5) is 17.6 Å². The van der Waals surface area contributed by atoms with Gasteiger partial charge >= 0.3 is 0 Å². The zero-order valence-corrected chi connectivity index (χ0v) is 17.5. The Morgan fingerprint density at radius 3 is 1.00 bits per heavy atom. The van der Waals surface area contributed by atoms with Gasteiger partial charge in [0, 0.05) is 11.1 Å². The molecule has 0 aromatic heterocycles. The lowest BCUT2D eigenvalue weighted by molar-refractivity contribution is 0.518. The van der Waals surface area contributed by atoms with Crippen molar-refractivity contribution in [2.24, 2.45) is 0 Å². The smallest absolute Gasteiger partial charge is 0.129 e. The van der Waals surface area contributed by atoms with Gasteiger partial charge in [-0.2, -0.15) is 0 Å². The van der Waals surface area contributed by atoms with E-state index < -0.39 is 23.3 Å². The highest BCUT2D eigenvalue weighted by molar-refractivity contribution is 5.32. The summed E-state index contributed by atoms with van der Waals surface area (Å²) in [5.41, 5.74) is 1.44. The minimum absolute atomic E-state index is 0.0581. The minimum atomic E-state index is -0.515. The lowest BCUT2D eigenvalue weighted by Crippen LogP contribution is -2.05. The molecule has 2 atom stereocenters. The second kappa shape index (κ2) is 9.11. The zero-order valence-electron chi connectivity index (χ0n) is 17.5. The van der Waals surface area contributed by atoms with Crippen molar-refractivity contribution in [3.05, 3.63) is 69.8 Å². The Hall–Kier alpha value is -1.84. The van der Waals surface area contributed by atoms with E-state index in [9.17, 15) is 17.6 Å². The van der Waals surface area contributed by atoms with E-state index in [2.05, 4.69) is 0 Å². The summed E-state index contributed by atoms with van der Waals surface area (Å²) in [6.07, 6.45) is 1.33. The normalized spacial score (nSPS) is 14.0. The van der Waals surface area contributed by atoms with Gasteiger partial charge in [0.2, 0.25) is 0 Å². The molecular formula is C24H30F4. The molecule has 2 aromatic rings. The first kappa shape index (κ1) is 22.4. The second-order valence-corrected chi connectivity index (χ2v) is 8.49. The summed E-state index contributed by atoms with van der Waals surface area (Å²) in [6, 6.07) is 5.63. The molecule has 2 aromatic carbocycles. The van der Waals surface area contributed by atoms with Crippen molar-refractivity contribution in [2.75, 3.05) is 0 Å². The summed E-state index contributed by atoms with van der Waals surface area (Å²) >= 11 is 0. The van der Waals surface area contributed by atoms with Crippen LogP contribution in [0, 0.1) is 23.3 Å². The molecule has 154 valence electrons. The Kier molecular flexibility index (Phi) is 7.30. The summed E-state index contributed by atoms with van der Waals surface area (Å²) in [5, 5.41) is 0. The van der Waals surface area contributed by atoms with Gasteiger partial charge in [-0.3, -0.25) is 0 Å². The van der Waals surface area contributed by atoms with Gasteiger partial charge in [0.1, 0.15) is 23.3 Å². The third kappa shape index (κ3) is 4.95. The van der Waals surface area contributed by atoms with Gasteiger partial charge in [0.25, 0.3) is 0 Å². The van der Waals surface area contributed by atoms with Crippen molar-refractivity contribution in [1.82, 2.24) is 0 Å². The van der Waals surface area contributed by atoms with Crippen molar-refractivity contribution in [3.63, 3.8) is 0 Å². The molecule has 0 radical (unpaired) electrons. The first-order valence-corrected chi connectivity index (χ1v) is 10.0. The Balaban J connectivity index is 2.12. The molecule has 0 heterocycles. The molecule has 0 bridgehead atoms. The first-order chi connectivity index (χ1) is 13.0. The maximum absolute atomic E-state index is 14.3. The van der Waals surface area contributed by atoms with E-state index >= 15 is 0 Å². The maximum Gasteiger partial charge on any atom is 0.129 e. The zero-order chi connectivity index (χ0) is 21.2. The van der Waals surface area contributed by atoms with Crippen LogP contribution >= 0.6 is 0 Å². The Bertz CT molecular complexity index is 708. The highest BCUT2D eigenvalue weighted by Gasteiger charge is 2.20. The van der Waals surface area contributed by atoms with Gasteiger partial charge in [-0.25, -0.2) is 17.6 Å². The van der Waals surface area contributed by atoms with E-state index in [4.69, 9.17) is 0 Å². The monoisotopic (exact) mass is 394 g/mol. The highest BCUT2D eigenvalue weighted by Crippen LogP contribution is 2.33. The third-order valence-electron chi connectivity index (χ3n) is 5.53. The molecule has 0 saturated heterocycles. The van der Waals surface area contributed by atoms with Gasteiger partial charge in [-0.15, -0.1) is 0 Å². The topological polar surface area (TPSA) is 0 Å². The lowest BCUT2D eigenvalue weighted by Gasteiger charge is -2.19. The molecule has 0 aliphatic heterocycles. The Labute approximate surface area is 166 Å². The molecule has 0 aliphatic carbocycles. The molecule has 0 aliphatic rings. The molecule has 0 spiro atoms. The van der Waals surface area contributed by atoms with Gasteiger partial charge < -0.3 is 0 Å². The van der Waals surface area contributed by atoms with Crippen LogP contribution in [0.1, 0.15) is 100 Å². The Morgan fingerprint density at radius 2 is 0.786 bits per heavy atom. The summed E-state index contributed by atoms with van der Waals surface area (Å²) in [5.74, 6) is -2.62. The van der Waals surface area contributed by atoms with Crippen LogP contribution in [0.25, 0.3) is 0 Å². The van der Waals surface area contributed by atoms with Gasteiger partial charge in [-0.1, -0.05) is 41.5 Å². The number of benzene rings is 2. The minimum Gasteiger partial charge on any atom is -0.207 e. The van der Waals surface area contributed by atoms with Crippen molar-refractivity contribution < 1.29 is 17.6 Å². The van der Waals surface area contributed by atoms with Crippen LogP contribution in [0.2, 0.25) is 0 Å². The predicted octanol–water partition coefficient (Wildman–Crippen LogP) is 8.18.